The second kappa shape index (κ2) is 11.7. The summed E-state index contributed by atoms with van der Waals surface area (Å²) >= 11 is 1.68. The first-order valence-electron chi connectivity index (χ1n) is 12.0. The zero-order valence-electron chi connectivity index (χ0n) is 20.2. The van der Waals surface area contributed by atoms with E-state index in [0.717, 1.165) is 28.7 Å². The van der Waals surface area contributed by atoms with Crippen LogP contribution >= 0.6 is 11.3 Å². The van der Waals surface area contributed by atoms with Gasteiger partial charge in [0, 0.05) is 29.4 Å². The maximum Gasteiger partial charge on any atom is 0.303 e. The van der Waals surface area contributed by atoms with Crippen molar-refractivity contribution in [3.8, 4) is 17.6 Å². The van der Waals surface area contributed by atoms with Crippen LogP contribution in [0.1, 0.15) is 47.2 Å². The average molecular weight is 495 g/mol. The van der Waals surface area contributed by atoms with Crippen LogP contribution < -0.4 is 4.74 Å². The third-order valence-electron chi connectivity index (χ3n) is 6.78. The van der Waals surface area contributed by atoms with Crippen LogP contribution in [-0.2, 0) is 4.79 Å². The molecule has 1 aliphatic rings. The van der Waals surface area contributed by atoms with Gasteiger partial charge in [-0.2, -0.15) is 0 Å². The molecule has 1 saturated heterocycles. The average Bonchev–Trinajstić information content (AvgIpc) is 3.27. The molecule has 1 aromatic carbocycles. The van der Waals surface area contributed by atoms with Gasteiger partial charge in [-0.05, 0) is 86.5 Å². The number of hydrogen-bond donors (Lipinski definition) is 1. The fourth-order valence-electron chi connectivity index (χ4n) is 4.94. The molecule has 35 heavy (non-hydrogen) atoms. The second-order valence-corrected chi connectivity index (χ2v) is 10.5. The minimum absolute atomic E-state index is 0.00601. The SMILES string of the molecule is COc1ccc2nccc([C@@H](F)CC[C@@H]3CCN(CC#Cc4ccc(C)s4)C[C@@H]3CC(=O)O)c2c1. The number of fused-ring (bicyclic) bond motifs is 1. The highest BCUT2D eigenvalue weighted by Gasteiger charge is 2.31. The van der Waals surface area contributed by atoms with Crippen LogP contribution in [0.4, 0.5) is 4.39 Å². The van der Waals surface area contributed by atoms with Gasteiger partial charge in [0.2, 0.25) is 0 Å². The van der Waals surface area contributed by atoms with Gasteiger partial charge in [0.25, 0.3) is 0 Å². The number of nitrogens with zero attached hydrogens (tertiary/aromatic N) is 2. The van der Waals surface area contributed by atoms with Crippen molar-refractivity contribution in [2.45, 2.75) is 38.8 Å². The summed E-state index contributed by atoms with van der Waals surface area (Å²) in [5.74, 6) is 6.48. The van der Waals surface area contributed by atoms with Crippen molar-refractivity contribution < 1.29 is 19.0 Å². The van der Waals surface area contributed by atoms with Crippen molar-refractivity contribution in [3.05, 3.63) is 57.9 Å². The molecule has 0 radical (unpaired) electrons. The number of pyridine rings is 1. The van der Waals surface area contributed by atoms with E-state index in [4.69, 9.17) is 4.74 Å². The molecule has 2 aromatic heterocycles. The summed E-state index contributed by atoms with van der Waals surface area (Å²) in [4.78, 5) is 20.4. The van der Waals surface area contributed by atoms with Gasteiger partial charge in [-0.15, -0.1) is 11.3 Å². The number of hydrogen-bond acceptors (Lipinski definition) is 5. The second-order valence-electron chi connectivity index (χ2n) is 9.18. The molecule has 3 atom stereocenters. The molecule has 1 aliphatic heterocycles. The third kappa shape index (κ3) is 6.59. The van der Waals surface area contributed by atoms with Crippen molar-refractivity contribution in [3.63, 3.8) is 0 Å². The molecular weight excluding hydrogens is 463 g/mol. The number of carboxylic acids is 1. The van der Waals surface area contributed by atoms with E-state index in [9.17, 15) is 9.90 Å². The molecule has 3 heterocycles. The fraction of sp³-hybridized carbons (Fsp3) is 0.429. The Balaban J connectivity index is 1.39. The summed E-state index contributed by atoms with van der Waals surface area (Å²) in [5, 5.41) is 10.2. The van der Waals surface area contributed by atoms with Crippen molar-refractivity contribution in [2.75, 3.05) is 26.7 Å². The Kier molecular flexibility index (Phi) is 8.37. The first-order valence-corrected chi connectivity index (χ1v) is 12.8. The van der Waals surface area contributed by atoms with Gasteiger partial charge < -0.3 is 9.84 Å². The molecule has 0 unspecified atom stereocenters. The number of piperidine rings is 1. The van der Waals surface area contributed by atoms with Gasteiger partial charge in [0.05, 0.1) is 24.0 Å². The molecule has 7 heteroatoms. The summed E-state index contributed by atoms with van der Waals surface area (Å²) < 4.78 is 20.7. The molecular formula is C28H31FN2O3S. The van der Waals surface area contributed by atoms with E-state index in [1.807, 2.05) is 24.3 Å². The van der Waals surface area contributed by atoms with Crippen molar-refractivity contribution >= 4 is 28.2 Å². The molecule has 0 saturated carbocycles. The molecule has 0 bridgehead atoms. The van der Waals surface area contributed by atoms with Gasteiger partial charge in [-0.1, -0.05) is 11.8 Å². The largest absolute Gasteiger partial charge is 0.497 e. The van der Waals surface area contributed by atoms with Crippen LogP contribution in [0.25, 0.3) is 10.9 Å². The van der Waals surface area contributed by atoms with Gasteiger partial charge >= 0.3 is 5.97 Å². The van der Waals surface area contributed by atoms with Crippen LogP contribution in [0.15, 0.2) is 42.6 Å². The highest BCUT2D eigenvalue weighted by molar-refractivity contribution is 7.12. The Morgan fingerprint density at radius 1 is 1.31 bits per heavy atom. The van der Waals surface area contributed by atoms with Gasteiger partial charge in [0.15, 0.2) is 0 Å². The predicted octanol–water partition coefficient (Wildman–Crippen LogP) is 5.87. The van der Waals surface area contributed by atoms with E-state index in [0.29, 0.717) is 37.2 Å². The van der Waals surface area contributed by atoms with E-state index in [2.05, 4.69) is 34.7 Å². The maximum atomic E-state index is 15.4. The zero-order valence-corrected chi connectivity index (χ0v) is 21.0. The quantitative estimate of drug-likeness (QED) is 0.397. The molecule has 5 nitrogen and oxygen atoms in total. The fourth-order valence-corrected chi connectivity index (χ4v) is 5.68. The number of thiophene rings is 1. The van der Waals surface area contributed by atoms with Crippen LogP contribution in [0, 0.1) is 30.6 Å². The first kappa shape index (κ1) is 25.2. The Morgan fingerprint density at radius 2 is 2.17 bits per heavy atom. The zero-order chi connectivity index (χ0) is 24.8. The summed E-state index contributed by atoms with van der Waals surface area (Å²) in [5.41, 5.74) is 1.35. The van der Waals surface area contributed by atoms with Crippen LogP contribution in [-0.4, -0.2) is 47.7 Å². The molecule has 4 rings (SSSR count). The molecule has 0 amide bonds. The number of likely N-dealkylation sites (tertiary alicyclic amines) is 1. The van der Waals surface area contributed by atoms with Crippen molar-refractivity contribution in [2.24, 2.45) is 11.8 Å². The molecule has 1 N–H and O–H groups in total. The Morgan fingerprint density at radius 3 is 2.91 bits per heavy atom. The standard InChI is InChI=1S/C28H31FN2O3S/c1-19-5-8-23(35-19)4-3-14-31-15-12-20(21(18-31)16-28(32)33)6-9-26(29)24-11-13-30-27-10-7-22(34-2)17-25(24)27/h5,7-8,10-11,13,17,20-21,26H,6,9,12,14-16,18H2,1-2H3,(H,32,33)/t20-,21+,26+/m1/s1. The maximum absolute atomic E-state index is 15.4. The van der Waals surface area contributed by atoms with Gasteiger partial charge in [0.1, 0.15) is 11.9 Å². The lowest BCUT2D eigenvalue weighted by atomic mass is 9.79. The molecule has 0 aliphatic carbocycles. The van der Waals surface area contributed by atoms with Gasteiger partial charge in [-0.3, -0.25) is 14.7 Å². The van der Waals surface area contributed by atoms with Crippen LogP contribution in [0.5, 0.6) is 5.75 Å². The van der Waals surface area contributed by atoms with E-state index >= 15 is 4.39 Å². The number of rotatable bonds is 8. The third-order valence-corrected chi connectivity index (χ3v) is 7.69. The van der Waals surface area contributed by atoms with E-state index in [-0.39, 0.29) is 18.3 Å². The summed E-state index contributed by atoms with van der Waals surface area (Å²) in [7, 11) is 1.59. The van der Waals surface area contributed by atoms with E-state index < -0.39 is 12.1 Å². The predicted molar refractivity (Wildman–Crippen MR) is 138 cm³/mol. The lowest BCUT2D eigenvalue weighted by molar-refractivity contribution is -0.139. The summed E-state index contributed by atoms with van der Waals surface area (Å²) in [6.07, 6.45) is 2.47. The molecule has 1 fully saturated rings. The minimum Gasteiger partial charge on any atom is -0.497 e. The highest BCUT2D eigenvalue weighted by atomic mass is 32.1. The number of aliphatic carboxylic acids is 1. The van der Waals surface area contributed by atoms with E-state index in [1.54, 1.807) is 30.7 Å². The first-order chi connectivity index (χ1) is 16.9. The molecule has 3 aromatic rings. The van der Waals surface area contributed by atoms with E-state index in [1.165, 1.54) is 4.88 Å². The lowest BCUT2D eigenvalue weighted by Crippen LogP contribution is -2.41. The lowest BCUT2D eigenvalue weighted by Gasteiger charge is -2.37. The number of halogens is 1. The number of aromatic nitrogens is 1. The Hall–Kier alpha value is -2.95. The molecule has 0 spiro atoms. The number of alkyl halides is 1. The number of carboxylic acid groups (broad SMARTS) is 1. The number of ether oxygens (including phenoxy) is 1. The van der Waals surface area contributed by atoms with Crippen molar-refractivity contribution in [1.82, 2.24) is 9.88 Å². The monoisotopic (exact) mass is 494 g/mol. The smallest absolute Gasteiger partial charge is 0.303 e. The Bertz CT molecular complexity index is 1230. The number of benzene rings is 1. The van der Waals surface area contributed by atoms with Gasteiger partial charge in [-0.25, -0.2) is 4.39 Å². The van der Waals surface area contributed by atoms with Crippen molar-refractivity contribution in [1.29, 1.82) is 0 Å². The number of methoxy groups -OCH3 is 1. The topological polar surface area (TPSA) is 62.7 Å². The van der Waals surface area contributed by atoms with Crippen LogP contribution in [0.2, 0.25) is 0 Å². The number of carbonyl (C=O) groups is 1. The Labute approximate surface area is 209 Å². The minimum atomic E-state index is -1.14. The summed E-state index contributed by atoms with van der Waals surface area (Å²) in [6.45, 7) is 4.22. The normalized spacial score (nSPS) is 19.2. The summed E-state index contributed by atoms with van der Waals surface area (Å²) in [6, 6.07) is 11.3. The van der Waals surface area contributed by atoms with Crippen LogP contribution in [0.3, 0.4) is 0 Å². The molecule has 184 valence electrons. The highest BCUT2D eigenvalue weighted by Crippen LogP contribution is 2.36. The number of aryl methyl sites for hydroxylation is 1.